The summed E-state index contributed by atoms with van der Waals surface area (Å²) in [5, 5.41) is 14.8. The van der Waals surface area contributed by atoms with Crippen LogP contribution >= 0.6 is 11.8 Å². The van der Waals surface area contributed by atoms with Crippen LogP contribution in [-0.2, 0) is 14.4 Å². The van der Waals surface area contributed by atoms with Crippen molar-refractivity contribution in [1.82, 2.24) is 10.6 Å². The van der Waals surface area contributed by atoms with Gasteiger partial charge in [0.2, 0.25) is 11.8 Å². The Morgan fingerprint density at radius 2 is 1.44 bits per heavy atom. The number of aliphatic carboxylic acids is 1. The Morgan fingerprint density at radius 1 is 0.854 bits per heavy atom. The maximum Gasteiger partial charge on any atom is 0.327 e. The van der Waals surface area contributed by atoms with Crippen LogP contribution < -0.4 is 10.6 Å². The van der Waals surface area contributed by atoms with Crippen LogP contribution in [0.4, 0.5) is 0 Å². The molecule has 0 aromatic rings. The summed E-state index contributed by atoms with van der Waals surface area (Å²) in [7, 11) is 0. The molecule has 0 aliphatic carbocycles. The van der Waals surface area contributed by atoms with E-state index in [0.29, 0.717) is 11.3 Å². The average molecular weight is 591 g/mol. The molecule has 0 radical (unpaired) electrons. The molecule has 4 atom stereocenters. The molecule has 0 aromatic heterocycles. The third-order valence-electron chi connectivity index (χ3n) is 7.32. The van der Waals surface area contributed by atoms with Gasteiger partial charge in [-0.05, 0) is 43.1 Å². The van der Waals surface area contributed by atoms with Gasteiger partial charge in [-0.1, -0.05) is 116 Å². The lowest BCUT2D eigenvalue weighted by Crippen LogP contribution is -2.52. The fraction of sp³-hybridized carbons (Fsp3) is 0.676. The van der Waals surface area contributed by atoms with Crippen molar-refractivity contribution in [2.45, 2.75) is 118 Å². The van der Waals surface area contributed by atoms with Gasteiger partial charge in [0, 0.05) is 24.9 Å². The normalized spacial score (nSPS) is 15.1. The van der Waals surface area contributed by atoms with E-state index in [1.165, 1.54) is 75.6 Å². The number of allylic oxidation sites excluding steroid dienone is 4. The standard InChI is InChI=1S/C34H58N2O4S/c1-9-14-30(10-2)23-31(35-29(8)37)33(38)36-32(34(39)40)24-41-22-21-28(7)20-13-19-27(6)18-12-17-26(5)16-11-15-25(3)4/h9-10,14,21,25-27,31-32H,1-2,11-13,15-20,22-24H2,3-8H3,(H,35,37)(H,36,38)(H,39,40)/b28-21+,30-14+. The minimum absolute atomic E-state index is 0.193. The molecule has 0 saturated heterocycles. The van der Waals surface area contributed by atoms with Crippen molar-refractivity contribution < 1.29 is 19.5 Å². The van der Waals surface area contributed by atoms with Crippen molar-refractivity contribution in [2.75, 3.05) is 11.5 Å². The number of carboxylic acids is 1. The fourth-order valence-corrected chi connectivity index (χ4v) is 5.70. The molecule has 234 valence electrons. The molecular weight excluding hydrogens is 532 g/mol. The second-order valence-electron chi connectivity index (χ2n) is 12.0. The molecule has 0 rings (SSSR count). The van der Waals surface area contributed by atoms with Gasteiger partial charge >= 0.3 is 5.97 Å². The number of thioether (sulfide) groups is 1. The summed E-state index contributed by atoms with van der Waals surface area (Å²) in [4.78, 5) is 36.3. The summed E-state index contributed by atoms with van der Waals surface area (Å²) < 4.78 is 0. The minimum Gasteiger partial charge on any atom is -0.480 e. The van der Waals surface area contributed by atoms with Crippen LogP contribution in [0.1, 0.15) is 106 Å². The summed E-state index contributed by atoms with van der Waals surface area (Å²) >= 11 is 1.47. The van der Waals surface area contributed by atoms with Crippen molar-refractivity contribution in [3.63, 3.8) is 0 Å². The number of amides is 2. The molecule has 0 saturated carbocycles. The first kappa shape index (κ1) is 38.7. The highest BCUT2D eigenvalue weighted by Gasteiger charge is 2.26. The first-order chi connectivity index (χ1) is 19.4. The summed E-state index contributed by atoms with van der Waals surface area (Å²) in [6, 6.07) is -1.95. The summed E-state index contributed by atoms with van der Waals surface area (Å²) in [6.45, 7) is 20.2. The Bertz CT molecular complexity index is 865. The predicted octanol–water partition coefficient (Wildman–Crippen LogP) is 7.87. The van der Waals surface area contributed by atoms with E-state index in [4.69, 9.17) is 0 Å². The van der Waals surface area contributed by atoms with Gasteiger partial charge in [-0.25, -0.2) is 4.79 Å². The Hall–Kier alpha value is -2.28. The molecule has 7 heteroatoms. The van der Waals surface area contributed by atoms with Gasteiger partial charge in [0.25, 0.3) is 0 Å². The molecule has 0 aliphatic rings. The molecule has 0 aromatic carbocycles. The summed E-state index contributed by atoms with van der Waals surface area (Å²) in [6.07, 6.45) is 18.7. The second kappa shape index (κ2) is 23.3. The number of hydrogen-bond acceptors (Lipinski definition) is 4. The quantitative estimate of drug-likeness (QED) is 0.0604. The van der Waals surface area contributed by atoms with E-state index >= 15 is 0 Å². The number of carbonyl (C=O) groups is 3. The monoisotopic (exact) mass is 590 g/mol. The lowest BCUT2D eigenvalue weighted by Gasteiger charge is -2.21. The van der Waals surface area contributed by atoms with Gasteiger partial charge in [-0.2, -0.15) is 11.8 Å². The maximum atomic E-state index is 12.8. The van der Waals surface area contributed by atoms with Crippen LogP contribution in [0.3, 0.4) is 0 Å². The number of nitrogens with one attached hydrogen (secondary N) is 2. The van der Waals surface area contributed by atoms with E-state index in [1.807, 2.05) is 0 Å². The lowest BCUT2D eigenvalue weighted by molar-refractivity contribution is -0.141. The Kier molecular flexibility index (Phi) is 22.0. The number of hydrogen-bond donors (Lipinski definition) is 3. The van der Waals surface area contributed by atoms with Gasteiger partial charge in [-0.3, -0.25) is 9.59 Å². The van der Waals surface area contributed by atoms with Crippen molar-refractivity contribution in [1.29, 1.82) is 0 Å². The Balaban J connectivity index is 4.49. The van der Waals surface area contributed by atoms with Gasteiger partial charge < -0.3 is 15.7 Å². The van der Waals surface area contributed by atoms with Gasteiger partial charge in [0.15, 0.2) is 0 Å². The zero-order valence-electron chi connectivity index (χ0n) is 26.7. The van der Waals surface area contributed by atoms with E-state index in [2.05, 4.69) is 64.5 Å². The van der Waals surface area contributed by atoms with Crippen LogP contribution in [0, 0.1) is 17.8 Å². The number of carbonyl (C=O) groups excluding carboxylic acids is 2. The van der Waals surface area contributed by atoms with Crippen molar-refractivity contribution in [3.05, 3.63) is 48.6 Å². The van der Waals surface area contributed by atoms with E-state index in [-0.39, 0.29) is 18.1 Å². The van der Waals surface area contributed by atoms with Gasteiger partial charge in [0.1, 0.15) is 12.1 Å². The number of carboxylic acid groups (broad SMARTS) is 1. The molecule has 0 aliphatic heterocycles. The molecule has 3 N–H and O–H groups in total. The second-order valence-corrected chi connectivity index (χ2v) is 13.1. The summed E-state index contributed by atoms with van der Waals surface area (Å²) in [5.74, 6) is 1.31. The largest absolute Gasteiger partial charge is 0.480 e. The first-order valence-electron chi connectivity index (χ1n) is 15.4. The highest BCUT2D eigenvalue weighted by atomic mass is 32.2. The molecule has 0 spiro atoms. The first-order valence-corrected chi connectivity index (χ1v) is 16.5. The smallest absolute Gasteiger partial charge is 0.327 e. The maximum absolute atomic E-state index is 12.8. The van der Waals surface area contributed by atoms with Crippen LogP contribution in [0.2, 0.25) is 0 Å². The fourth-order valence-electron chi connectivity index (χ4n) is 4.70. The van der Waals surface area contributed by atoms with E-state index < -0.39 is 24.0 Å². The van der Waals surface area contributed by atoms with Gasteiger partial charge in [-0.15, -0.1) is 0 Å². The topological polar surface area (TPSA) is 95.5 Å². The predicted molar refractivity (Wildman–Crippen MR) is 176 cm³/mol. The zero-order chi connectivity index (χ0) is 31.2. The highest BCUT2D eigenvalue weighted by molar-refractivity contribution is 7.99. The van der Waals surface area contributed by atoms with Crippen molar-refractivity contribution in [3.8, 4) is 0 Å². The molecule has 6 nitrogen and oxygen atoms in total. The lowest BCUT2D eigenvalue weighted by atomic mass is 9.91. The Labute approximate surface area is 255 Å². The van der Waals surface area contributed by atoms with E-state index in [1.54, 1.807) is 18.2 Å². The highest BCUT2D eigenvalue weighted by Crippen LogP contribution is 2.22. The minimum atomic E-state index is -1.10. The molecule has 41 heavy (non-hydrogen) atoms. The SMILES string of the molecule is C=C/C=C(\C=C)CC(NC(C)=O)C(=O)NC(CSC/C=C(\C)CCCC(C)CCCC(C)CCCC(C)C)C(=O)O. The van der Waals surface area contributed by atoms with Crippen LogP contribution in [0.15, 0.2) is 48.6 Å². The van der Waals surface area contributed by atoms with Gasteiger partial charge in [0.05, 0.1) is 0 Å². The third-order valence-corrected chi connectivity index (χ3v) is 8.29. The summed E-state index contributed by atoms with van der Waals surface area (Å²) in [5.41, 5.74) is 2.03. The van der Waals surface area contributed by atoms with Crippen LogP contribution in [0.25, 0.3) is 0 Å². The Morgan fingerprint density at radius 3 is 1.95 bits per heavy atom. The zero-order valence-corrected chi connectivity index (χ0v) is 27.5. The third kappa shape index (κ3) is 21.1. The molecule has 2 amide bonds. The van der Waals surface area contributed by atoms with E-state index in [0.717, 1.165) is 24.2 Å². The van der Waals surface area contributed by atoms with Crippen molar-refractivity contribution >= 4 is 29.5 Å². The van der Waals surface area contributed by atoms with Crippen molar-refractivity contribution in [2.24, 2.45) is 17.8 Å². The van der Waals surface area contributed by atoms with Crippen LogP contribution in [0.5, 0.6) is 0 Å². The van der Waals surface area contributed by atoms with Crippen LogP contribution in [-0.4, -0.2) is 46.5 Å². The number of rotatable bonds is 24. The molecule has 0 bridgehead atoms. The molecule has 0 fully saturated rings. The molecule has 4 unspecified atom stereocenters. The average Bonchev–Trinajstić information content (AvgIpc) is 2.88. The van der Waals surface area contributed by atoms with E-state index in [9.17, 15) is 19.5 Å². The molecular formula is C34H58N2O4S. The molecule has 0 heterocycles.